The van der Waals surface area contributed by atoms with Gasteiger partial charge in [-0.1, -0.05) is 0 Å². The highest BCUT2D eigenvalue weighted by Gasteiger charge is 2.62. The van der Waals surface area contributed by atoms with Crippen molar-refractivity contribution in [3.05, 3.63) is 0 Å². The molecule has 1 saturated heterocycles. The number of fused-ring (bicyclic) bond motifs is 1. The fraction of sp³-hybridized carbons (Fsp3) is 0.889. The van der Waals surface area contributed by atoms with Gasteiger partial charge in [-0.2, -0.15) is 5.26 Å². The average molecular weight is 315 g/mol. The molecule has 5 aliphatic carbocycles. The highest BCUT2D eigenvalue weighted by atomic mass is 16.3. The van der Waals surface area contributed by atoms with Crippen LogP contribution >= 0.6 is 0 Å². The van der Waals surface area contributed by atoms with Gasteiger partial charge in [-0.3, -0.25) is 4.79 Å². The quantitative estimate of drug-likeness (QED) is 0.796. The second kappa shape index (κ2) is 4.29. The van der Waals surface area contributed by atoms with E-state index >= 15 is 0 Å². The van der Waals surface area contributed by atoms with E-state index < -0.39 is 11.6 Å². The van der Waals surface area contributed by atoms with Gasteiger partial charge < -0.3 is 15.7 Å². The van der Waals surface area contributed by atoms with Gasteiger partial charge in [-0.15, -0.1) is 0 Å². The summed E-state index contributed by atoms with van der Waals surface area (Å²) in [6.45, 7) is 0.711. The topological polar surface area (TPSA) is 90.4 Å². The molecule has 0 aromatic rings. The number of nitrogens with two attached hydrogens (primary N) is 1. The van der Waals surface area contributed by atoms with Gasteiger partial charge in [0.1, 0.15) is 6.04 Å². The Bertz CT molecular complexity index is 598. The maximum absolute atomic E-state index is 13.1. The minimum atomic E-state index is -0.593. The minimum absolute atomic E-state index is 0.0331. The molecule has 6 fully saturated rings. The van der Waals surface area contributed by atoms with E-state index in [0.29, 0.717) is 36.6 Å². The van der Waals surface area contributed by atoms with Crippen molar-refractivity contribution in [2.24, 2.45) is 34.8 Å². The molecule has 5 heteroatoms. The number of nitriles is 1. The fourth-order valence-electron chi connectivity index (χ4n) is 6.95. The van der Waals surface area contributed by atoms with Crippen LogP contribution in [-0.2, 0) is 4.79 Å². The zero-order valence-corrected chi connectivity index (χ0v) is 13.4. The lowest BCUT2D eigenvalue weighted by atomic mass is 9.46. The lowest BCUT2D eigenvalue weighted by Crippen LogP contribution is -2.64. The predicted molar refractivity (Wildman–Crippen MR) is 82.8 cm³/mol. The van der Waals surface area contributed by atoms with Gasteiger partial charge in [0.05, 0.1) is 17.7 Å². The van der Waals surface area contributed by atoms with E-state index in [4.69, 9.17) is 5.73 Å². The molecule has 1 amide bonds. The summed E-state index contributed by atoms with van der Waals surface area (Å²) in [4.78, 5) is 14.8. The zero-order valence-electron chi connectivity index (χ0n) is 13.4. The Morgan fingerprint density at radius 2 is 1.96 bits per heavy atom. The summed E-state index contributed by atoms with van der Waals surface area (Å²) in [5, 5.41) is 20.3. The second-order valence-corrected chi connectivity index (χ2v) is 9.25. The maximum atomic E-state index is 13.1. The van der Waals surface area contributed by atoms with Crippen molar-refractivity contribution in [2.45, 2.75) is 62.6 Å². The van der Waals surface area contributed by atoms with Gasteiger partial charge in [0.2, 0.25) is 5.91 Å². The van der Waals surface area contributed by atoms with E-state index in [9.17, 15) is 15.2 Å². The molecule has 0 aromatic carbocycles. The van der Waals surface area contributed by atoms with Crippen LogP contribution in [0.15, 0.2) is 0 Å². The van der Waals surface area contributed by atoms with Crippen molar-refractivity contribution in [3.63, 3.8) is 0 Å². The van der Waals surface area contributed by atoms with Crippen LogP contribution in [0.3, 0.4) is 0 Å². The third-order valence-electron chi connectivity index (χ3n) is 7.57. The molecule has 5 nitrogen and oxygen atoms in total. The van der Waals surface area contributed by atoms with Crippen molar-refractivity contribution < 1.29 is 9.90 Å². The van der Waals surface area contributed by atoms with Gasteiger partial charge >= 0.3 is 0 Å². The number of likely N-dealkylation sites (tertiary alicyclic amines) is 1. The first-order chi connectivity index (χ1) is 10.9. The summed E-state index contributed by atoms with van der Waals surface area (Å²) in [5.41, 5.74) is 5.69. The Balaban J connectivity index is 1.41. The molecule has 1 heterocycles. The summed E-state index contributed by atoms with van der Waals surface area (Å²) >= 11 is 0. The second-order valence-electron chi connectivity index (χ2n) is 9.25. The van der Waals surface area contributed by atoms with E-state index in [1.807, 2.05) is 0 Å². The number of nitrogens with zero attached hydrogens (tertiary/aromatic N) is 2. The molecule has 0 spiro atoms. The highest BCUT2D eigenvalue weighted by Crippen LogP contribution is 2.63. The van der Waals surface area contributed by atoms with Crippen LogP contribution in [0, 0.1) is 40.4 Å². The standard InChI is InChI=1S/C18H25N3O2/c19-7-14-13-2-12(13)8-21(14)16(22)15(20)17-3-10-1-11(4-17)6-18(23,5-10)9-17/h10-15,23H,1-6,8-9,20H2/t10?,11?,12-,13-,14-,15?,17?,18?/m1/s1. The first kappa shape index (κ1) is 14.2. The third kappa shape index (κ3) is 1.88. The van der Waals surface area contributed by atoms with E-state index in [0.717, 1.165) is 32.1 Å². The molecule has 6 aliphatic rings. The molecule has 4 bridgehead atoms. The van der Waals surface area contributed by atoms with Crippen molar-refractivity contribution >= 4 is 5.91 Å². The number of carbonyl (C=O) groups is 1. The number of rotatable bonds is 2. The van der Waals surface area contributed by atoms with Gasteiger partial charge in [0.25, 0.3) is 0 Å². The van der Waals surface area contributed by atoms with Crippen LogP contribution in [0.1, 0.15) is 44.9 Å². The number of hydrogen-bond acceptors (Lipinski definition) is 4. The van der Waals surface area contributed by atoms with Gasteiger partial charge in [0, 0.05) is 6.54 Å². The number of hydrogen-bond donors (Lipinski definition) is 2. The zero-order chi connectivity index (χ0) is 16.0. The predicted octanol–water partition coefficient (Wildman–Crippen LogP) is 1.02. The summed E-state index contributed by atoms with van der Waals surface area (Å²) in [5.74, 6) is 1.93. The smallest absolute Gasteiger partial charge is 0.241 e. The first-order valence-corrected chi connectivity index (χ1v) is 9.11. The molecule has 0 aromatic heterocycles. The van der Waals surface area contributed by atoms with Crippen LogP contribution in [0.4, 0.5) is 0 Å². The maximum Gasteiger partial charge on any atom is 0.241 e. The average Bonchev–Trinajstić information content (AvgIpc) is 3.14. The largest absolute Gasteiger partial charge is 0.390 e. The van der Waals surface area contributed by atoms with Crippen LogP contribution in [0.25, 0.3) is 0 Å². The summed E-state index contributed by atoms with van der Waals surface area (Å²) in [6.07, 6.45) is 6.71. The number of carbonyl (C=O) groups excluding carboxylic acids is 1. The molecule has 124 valence electrons. The van der Waals surface area contributed by atoms with E-state index in [1.54, 1.807) is 4.90 Å². The highest BCUT2D eigenvalue weighted by molar-refractivity contribution is 5.84. The summed E-state index contributed by atoms with van der Waals surface area (Å²) in [6, 6.07) is 1.51. The summed E-state index contributed by atoms with van der Waals surface area (Å²) < 4.78 is 0. The Kier molecular flexibility index (Phi) is 2.65. The van der Waals surface area contributed by atoms with Crippen LogP contribution < -0.4 is 5.73 Å². The van der Waals surface area contributed by atoms with Crippen LogP contribution in [0.5, 0.6) is 0 Å². The molecule has 3 N–H and O–H groups in total. The van der Waals surface area contributed by atoms with Gasteiger partial charge in [-0.25, -0.2) is 0 Å². The molecule has 6 rings (SSSR count). The molecular formula is C18H25N3O2. The van der Waals surface area contributed by atoms with Crippen molar-refractivity contribution in [2.75, 3.05) is 6.54 Å². The van der Waals surface area contributed by atoms with E-state index in [1.165, 1.54) is 6.42 Å². The molecule has 5 saturated carbocycles. The number of amides is 1. The van der Waals surface area contributed by atoms with Crippen molar-refractivity contribution in [1.82, 2.24) is 4.90 Å². The van der Waals surface area contributed by atoms with Gasteiger partial charge in [-0.05, 0) is 74.0 Å². The van der Waals surface area contributed by atoms with E-state index in [-0.39, 0.29) is 17.4 Å². The SMILES string of the molecule is N#C[C@@H]1[C@@H]2C[C@@H]2CN1C(=O)C(N)C12CC3CC(CC(O)(C3)C1)C2. The molecule has 23 heavy (non-hydrogen) atoms. The lowest BCUT2D eigenvalue weighted by Gasteiger charge is -2.61. The normalized spacial score (nSPS) is 53.8. The molecule has 1 aliphatic heterocycles. The summed E-state index contributed by atoms with van der Waals surface area (Å²) in [7, 11) is 0. The van der Waals surface area contributed by atoms with Gasteiger partial charge in [0.15, 0.2) is 0 Å². The number of piperidine rings is 1. The molecule has 6 atom stereocenters. The number of aliphatic hydroxyl groups is 1. The molecular weight excluding hydrogens is 290 g/mol. The Morgan fingerprint density at radius 1 is 1.26 bits per heavy atom. The third-order valence-corrected chi connectivity index (χ3v) is 7.57. The Labute approximate surface area is 136 Å². The lowest BCUT2D eigenvalue weighted by molar-refractivity contribution is -0.177. The first-order valence-electron chi connectivity index (χ1n) is 9.11. The van der Waals surface area contributed by atoms with Crippen LogP contribution in [0.2, 0.25) is 0 Å². The molecule has 0 radical (unpaired) electrons. The minimum Gasteiger partial charge on any atom is -0.390 e. The van der Waals surface area contributed by atoms with Crippen molar-refractivity contribution in [1.29, 1.82) is 5.26 Å². The molecule has 3 unspecified atom stereocenters. The van der Waals surface area contributed by atoms with Crippen LogP contribution in [-0.4, -0.2) is 40.1 Å². The van der Waals surface area contributed by atoms with E-state index in [2.05, 4.69) is 6.07 Å². The Morgan fingerprint density at radius 3 is 2.57 bits per heavy atom. The monoisotopic (exact) mass is 315 g/mol. The van der Waals surface area contributed by atoms with Crippen molar-refractivity contribution in [3.8, 4) is 6.07 Å². The fourth-order valence-corrected chi connectivity index (χ4v) is 6.95. The Hall–Kier alpha value is -1.12.